The third-order valence-corrected chi connectivity index (χ3v) is 5.91. The van der Waals surface area contributed by atoms with Gasteiger partial charge in [-0.15, -0.1) is 0 Å². The Morgan fingerprint density at radius 1 is 1.19 bits per heavy atom. The van der Waals surface area contributed by atoms with E-state index in [4.69, 9.17) is 0 Å². The van der Waals surface area contributed by atoms with Crippen molar-refractivity contribution >= 4 is 23.4 Å². The predicted octanol–water partition coefficient (Wildman–Crippen LogP) is 1.43. The highest BCUT2D eigenvalue weighted by molar-refractivity contribution is 6.08. The summed E-state index contributed by atoms with van der Waals surface area (Å²) >= 11 is 0. The molecule has 2 N–H and O–H groups in total. The van der Waals surface area contributed by atoms with Crippen LogP contribution in [0, 0.1) is 5.92 Å². The van der Waals surface area contributed by atoms with Crippen LogP contribution in [-0.4, -0.2) is 43.0 Å². The van der Waals surface area contributed by atoms with Crippen molar-refractivity contribution in [1.82, 2.24) is 10.6 Å². The van der Waals surface area contributed by atoms with Gasteiger partial charge in [-0.3, -0.25) is 24.6 Å². The van der Waals surface area contributed by atoms with E-state index in [1.54, 1.807) is 4.90 Å². The number of amides is 3. The van der Waals surface area contributed by atoms with Crippen LogP contribution in [0.3, 0.4) is 0 Å². The van der Waals surface area contributed by atoms with Gasteiger partial charge in [0, 0.05) is 30.5 Å². The highest BCUT2D eigenvalue weighted by Crippen LogP contribution is 2.37. The Kier molecular flexibility index (Phi) is 4.72. The number of rotatable bonds is 2. The molecule has 7 heteroatoms. The molecule has 3 amide bonds. The Labute approximate surface area is 157 Å². The number of hydrogen-bond donors (Lipinski definition) is 2. The smallest absolute Gasteiger partial charge is 0.249 e. The van der Waals surface area contributed by atoms with Gasteiger partial charge in [-0.25, -0.2) is 4.39 Å². The van der Waals surface area contributed by atoms with E-state index < -0.39 is 18.1 Å². The van der Waals surface area contributed by atoms with E-state index in [1.807, 2.05) is 25.1 Å². The average Bonchev–Trinajstić information content (AvgIpc) is 2.64. The molecule has 2 saturated heterocycles. The van der Waals surface area contributed by atoms with Crippen LogP contribution >= 0.6 is 0 Å². The molecule has 6 nitrogen and oxygen atoms in total. The molecule has 0 saturated carbocycles. The van der Waals surface area contributed by atoms with Gasteiger partial charge in [0.15, 0.2) is 0 Å². The Balaban J connectivity index is 1.68. The Morgan fingerprint density at radius 2 is 2.00 bits per heavy atom. The van der Waals surface area contributed by atoms with E-state index in [2.05, 4.69) is 10.6 Å². The average molecular weight is 373 g/mol. The van der Waals surface area contributed by atoms with Crippen molar-refractivity contribution in [1.29, 1.82) is 0 Å². The maximum atomic E-state index is 14.3. The molecule has 0 radical (unpaired) electrons. The molecule has 0 aromatic heterocycles. The van der Waals surface area contributed by atoms with E-state index in [0.29, 0.717) is 25.1 Å². The third-order valence-electron chi connectivity index (χ3n) is 5.91. The van der Waals surface area contributed by atoms with Crippen LogP contribution in [0.1, 0.15) is 43.2 Å². The summed E-state index contributed by atoms with van der Waals surface area (Å²) in [5, 5.41) is 5.40. The number of alkyl halides is 1. The number of halogens is 1. The second-order valence-electron chi connectivity index (χ2n) is 7.78. The van der Waals surface area contributed by atoms with Crippen LogP contribution in [0.2, 0.25) is 0 Å². The first-order chi connectivity index (χ1) is 13.0. The lowest BCUT2D eigenvalue weighted by atomic mass is 9.84. The standard InChI is InChI=1S/C20H24FN3O3/c1-11-8-13-9-12(14-6-7-22-10-15(14)21)2-3-16(13)24(20(11)27)17-4-5-18(25)23-19(17)26/h2-3,9,11,14-15,17,22H,4-8,10H2,1H3,(H,23,25,26). The summed E-state index contributed by atoms with van der Waals surface area (Å²) in [5.74, 6) is -1.23. The molecule has 0 aliphatic carbocycles. The molecule has 3 aliphatic heterocycles. The first-order valence-corrected chi connectivity index (χ1v) is 9.60. The SMILES string of the molecule is CC1Cc2cc(C3CCNCC3F)ccc2N(C2CCC(=O)NC2=O)C1=O. The number of piperidine rings is 2. The topological polar surface area (TPSA) is 78.5 Å². The molecule has 4 atom stereocenters. The summed E-state index contributed by atoms with van der Waals surface area (Å²) < 4.78 is 14.3. The number of benzene rings is 1. The number of carbonyl (C=O) groups is 3. The Morgan fingerprint density at radius 3 is 2.74 bits per heavy atom. The molecular formula is C20H24FN3O3. The second-order valence-corrected chi connectivity index (χ2v) is 7.78. The number of imide groups is 1. The molecule has 4 unspecified atom stereocenters. The first kappa shape index (κ1) is 18.1. The van der Waals surface area contributed by atoms with Gasteiger partial charge < -0.3 is 5.32 Å². The second kappa shape index (κ2) is 7.03. The fourth-order valence-electron chi connectivity index (χ4n) is 4.45. The summed E-state index contributed by atoms with van der Waals surface area (Å²) in [6.07, 6.45) is 0.941. The highest BCUT2D eigenvalue weighted by Gasteiger charge is 2.40. The fourth-order valence-corrected chi connectivity index (χ4v) is 4.45. The molecule has 2 fully saturated rings. The van der Waals surface area contributed by atoms with E-state index in [0.717, 1.165) is 24.1 Å². The van der Waals surface area contributed by atoms with Gasteiger partial charge in [0.1, 0.15) is 12.2 Å². The minimum atomic E-state index is -0.925. The van der Waals surface area contributed by atoms with Gasteiger partial charge >= 0.3 is 0 Å². The van der Waals surface area contributed by atoms with Gasteiger partial charge in [0.05, 0.1) is 0 Å². The van der Waals surface area contributed by atoms with Crippen molar-refractivity contribution in [2.75, 3.05) is 18.0 Å². The van der Waals surface area contributed by atoms with Gasteiger partial charge in [-0.2, -0.15) is 0 Å². The first-order valence-electron chi connectivity index (χ1n) is 9.60. The molecule has 0 bridgehead atoms. The highest BCUT2D eigenvalue weighted by atomic mass is 19.1. The zero-order chi connectivity index (χ0) is 19.1. The summed E-state index contributed by atoms with van der Waals surface area (Å²) in [6.45, 7) is 3.00. The predicted molar refractivity (Wildman–Crippen MR) is 98.1 cm³/mol. The van der Waals surface area contributed by atoms with Gasteiger partial charge in [-0.05, 0) is 43.0 Å². The number of anilines is 1. The molecule has 27 heavy (non-hydrogen) atoms. The van der Waals surface area contributed by atoms with Crippen molar-refractivity contribution in [2.45, 2.75) is 50.7 Å². The minimum absolute atomic E-state index is 0.102. The van der Waals surface area contributed by atoms with Crippen LogP contribution in [0.4, 0.5) is 10.1 Å². The molecule has 3 aliphatic rings. The monoisotopic (exact) mass is 373 g/mol. The number of nitrogens with zero attached hydrogens (tertiary/aromatic N) is 1. The van der Waals surface area contributed by atoms with Crippen molar-refractivity contribution in [3.8, 4) is 0 Å². The summed E-state index contributed by atoms with van der Waals surface area (Å²) in [5.41, 5.74) is 2.63. The van der Waals surface area contributed by atoms with E-state index in [1.165, 1.54) is 0 Å². The maximum Gasteiger partial charge on any atom is 0.249 e. The number of hydrogen-bond acceptors (Lipinski definition) is 4. The van der Waals surface area contributed by atoms with Crippen molar-refractivity contribution in [3.05, 3.63) is 29.3 Å². The summed E-state index contributed by atoms with van der Waals surface area (Å²) in [7, 11) is 0. The van der Waals surface area contributed by atoms with Crippen LogP contribution in [0.25, 0.3) is 0 Å². The van der Waals surface area contributed by atoms with E-state index in [9.17, 15) is 18.8 Å². The van der Waals surface area contributed by atoms with E-state index >= 15 is 0 Å². The molecular weight excluding hydrogens is 349 g/mol. The van der Waals surface area contributed by atoms with Crippen LogP contribution < -0.4 is 15.5 Å². The zero-order valence-electron chi connectivity index (χ0n) is 15.3. The fraction of sp³-hybridized carbons (Fsp3) is 0.550. The number of fused-ring (bicyclic) bond motifs is 1. The van der Waals surface area contributed by atoms with Gasteiger partial charge in [0.25, 0.3) is 0 Å². The van der Waals surface area contributed by atoms with Crippen molar-refractivity contribution in [2.24, 2.45) is 5.92 Å². The largest absolute Gasteiger partial charge is 0.314 e. The zero-order valence-corrected chi connectivity index (χ0v) is 15.3. The molecule has 4 rings (SSSR count). The summed E-state index contributed by atoms with van der Waals surface area (Å²) in [6, 6.07) is 5.05. The molecule has 0 spiro atoms. The van der Waals surface area contributed by atoms with Crippen LogP contribution in [0.15, 0.2) is 18.2 Å². The maximum absolute atomic E-state index is 14.3. The Bertz CT molecular complexity index is 797. The van der Waals surface area contributed by atoms with Gasteiger partial charge in [-0.1, -0.05) is 19.1 Å². The molecule has 1 aromatic rings. The number of nitrogens with one attached hydrogen (secondary N) is 2. The van der Waals surface area contributed by atoms with E-state index in [-0.39, 0.29) is 30.1 Å². The van der Waals surface area contributed by atoms with Gasteiger partial charge in [0.2, 0.25) is 17.7 Å². The van der Waals surface area contributed by atoms with Crippen molar-refractivity contribution < 1.29 is 18.8 Å². The quantitative estimate of drug-likeness (QED) is 0.769. The third kappa shape index (κ3) is 3.25. The van der Waals surface area contributed by atoms with Crippen molar-refractivity contribution in [3.63, 3.8) is 0 Å². The lowest BCUT2D eigenvalue weighted by Crippen LogP contribution is -2.57. The molecule has 144 valence electrons. The molecule has 1 aromatic carbocycles. The Hall–Kier alpha value is -2.28. The summed E-state index contributed by atoms with van der Waals surface area (Å²) in [4.78, 5) is 38.2. The lowest BCUT2D eigenvalue weighted by Gasteiger charge is -2.39. The number of carbonyl (C=O) groups excluding carboxylic acids is 3. The minimum Gasteiger partial charge on any atom is -0.314 e. The van der Waals surface area contributed by atoms with Crippen LogP contribution in [-0.2, 0) is 20.8 Å². The van der Waals surface area contributed by atoms with Crippen LogP contribution in [0.5, 0.6) is 0 Å². The lowest BCUT2D eigenvalue weighted by molar-refractivity contribution is -0.136. The molecule has 3 heterocycles. The normalized spacial score (nSPS) is 31.5.